The molecule has 0 saturated carbocycles. The zero-order valence-corrected chi connectivity index (χ0v) is 17.2. The number of carbonyl (C=O) groups is 4. The van der Waals surface area contributed by atoms with Crippen LogP contribution >= 0.6 is 0 Å². The molecule has 1 aliphatic rings. The molecule has 0 radical (unpaired) electrons. The van der Waals surface area contributed by atoms with Crippen molar-refractivity contribution in [2.45, 2.75) is 13.0 Å². The Morgan fingerprint density at radius 2 is 1.75 bits per heavy atom. The van der Waals surface area contributed by atoms with Crippen molar-refractivity contribution in [3.63, 3.8) is 0 Å². The second-order valence-electron chi connectivity index (χ2n) is 7.65. The van der Waals surface area contributed by atoms with Crippen molar-refractivity contribution in [1.82, 2.24) is 14.8 Å². The molecule has 0 unspecified atom stereocenters. The number of nitrogens with one attached hydrogen (secondary N) is 1. The Bertz CT molecular complexity index is 1240. The number of carboxylic acids is 1. The van der Waals surface area contributed by atoms with E-state index in [1.807, 2.05) is 6.07 Å². The third-order valence-corrected chi connectivity index (χ3v) is 5.65. The van der Waals surface area contributed by atoms with Crippen molar-refractivity contribution in [3.8, 4) is 0 Å². The number of hydrogen-bond acceptors (Lipinski definition) is 4. The van der Waals surface area contributed by atoms with Crippen molar-refractivity contribution in [2.24, 2.45) is 0 Å². The van der Waals surface area contributed by atoms with E-state index in [-0.39, 0.29) is 47.6 Å². The van der Waals surface area contributed by atoms with Gasteiger partial charge in [-0.1, -0.05) is 18.2 Å². The van der Waals surface area contributed by atoms with Gasteiger partial charge in [0.05, 0.1) is 16.6 Å². The van der Waals surface area contributed by atoms with Crippen molar-refractivity contribution in [2.75, 3.05) is 19.6 Å². The van der Waals surface area contributed by atoms with Crippen LogP contribution in [0.25, 0.3) is 10.9 Å². The highest BCUT2D eigenvalue weighted by atomic mass is 19.1. The van der Waals surface area contributed by atoms with Gasteiger partial charge in [-0.25, -0.2) is 9.18 Å². The van der Waals surface area contributed by atoms with Gasteiger partial charge in [-0.3, -0.25) is 14.4 Å². The van der Waals surface area contributed by atoms with Crippen LogP contribution in [0.5, 0.6) is 0 Å². The zero-order valence-electron chi connectivity index (χ0n) is 17.2. The lowest BCUT2D eigenvalue weighted by Gasteiger charge is -2.39. The summed E-state index contributed by atoms with van der Waals surface area (Å²) in [6.45, 7) is 2.38. The van der Waals surface area contributed by atoms with Crippen LogP contribution in [0.2, 0.25) is 0 Å². The SMILES string of the molecule is C[C@@H]1CN(C(=O)c2ccccc2)CCN1C(=O)C(=O)c1c[nH]c2c(C(=O)O)ccc(F)c12. The number of aromatic amines is 1. The van der Waals surface area contributed by atoms with Crippen LogP contribution < -0.4 is 0 Å². The molecule has 164 valence electrons. The molecular weight excluding hydrogens is 417 g/mol. The topological polar surface area (TPSA) is 111 Å². The Kier molecular flexibility index (Phi) is 5.48. The van der Waals surface area contributed by atoms with Gasteiger partial charge < -0.3 is 19.9 Å². The summed E-state index contributed by atoms with van der Waals surface area (Å²) in [5.41, 5.74) is 0.0638. The minimum Gasteiger partial charge on any atom is -0.478 e. The van der Waals surface area contributed by atoms with Gasteiger partial charge in [0, 0.05) is 42.8 Å². The number of piperazine rings is 1. The number of carboxylic acid groups (broad SMARTS) is 1. The molecule has 2 heterocycles. The van der Waals surface area contributed by atoms with E-state index in [1.165, 1.54) is 4.90 Å². The number of aromatic carboxylic acids is 1. The fourth-order valence-electron chi connectivity index (χ4n) is 4.02. The van der Waals surface area contributed by atoms with Crippen molar-refractivity contribution in [1.29, 1.82) is 0 Å². The Hall–Kier alpha value is -4.01. The smallest absolute Gasteiger partial charge is 0.337 e. The molecule has 32 heavy (non-hydrogen) atoms. The van der Waals surface area contributed by atoms with Gasteiger partial charge in [0.1, 0.15) is 5.82 Å². The van der Waals surface area contributed by atoms with Crippen LogP contribution in [-0.2, 0) is 4.79 Å². The molecular formula is C23H20FN3O5. The van der Waals surface area contributed by atoms with Crippen molar-refractivity contribution >= 4 is 34.5 Å². The normalized spacial score (nSPS) is 16.2. The molecule has 1 aromatic heterocycles. The summed E-state index contributed by atoms with van der Waals surface area (Å²) in [6.07, 6.45) is 1.15. The molecule has 2 N–H and O–H groups in total. The largest absolute Gasteiger partial charge is 0.478 e. The molecule has 3 aromatic rings. The number of ketones is 1. The van der Waals surface area contributed by atoms with E-state index in [0.29, 0.717) is 5.56 Å². The highest BCUT2D eigenvalue weighted by molar-refractivity contribution is 6.45. The molecule has 8 nitrogen and oxygen atoms in total. The highest BCUT2D eigenvalue weighted by Crippen LogP contribution is 2.26. The molecule has 1 aliphatic heterocycles. The zero-order chi connectivity index (χ0) is 23.0. The first-order chi connectivity index (χ1) is 15.3. The number of aromatic nitrogens is 1. The van der Waals surface area contributed by atoms with Gasteiger partial charge in [-0.05, 0) is 31.2 Å². The molecule has 1 saturated heterocycles. The number of H-pyrrole nitrogens is 1. The van der Waals surface area contributed by atoms with Crippen LogP contribution in [0.1, 0.15) is 38.0 Å². The van der Waals surface area contributed by atoms with Gasteiger partial charge in [0.25, 0.3) is 17.6 Å². The third-order valence-electron chi connectivity index (χ3n) is 5.65. The Morgan fingerprint density at radius 3 is 2.41 bits per heavy atom. The van der Waals surface area contributed by atoms with E-state index in [2.05, 4.69) is 4.98 Å². The molecule has 0 spiro atoms. The predicted octanol–water partition coefficient (Wildman–Crippen LogP) is 2.56. The second kappa shape index (κ2) is 8.26. The standard InChI is InChI=1S/C23H20FN3O5/c1-13-12-26(21(29)14-5-3-2-4-6-14)9-10-27(13)22(30)20(28)16-11-25-19-15(23(31)32)7-8-17(24)18(16)19/h2-8,11,13,25H,9-10,12H2,1H3,(H,31,32)/t13-/m1/s1. The lowest BCUT2D eigenvalue weighted by molar-refractivity contribution is -0.130. The Balaban J connectivity index is 1.54. The van der Waals surface area contributed by atoms with Gasteiger partial charge in [0.2, 0.25) is 0 Å². The maximum atomic E-state index is 14.4. The van der Waals surface area contributed by atoms with Gasteiger partial charge in [-0.2, -0.15) is 0 Å². The molecule has 4 rings (SSSR count). The van der Waals surface area contributed by atoms with Gasteiger partial charge >= 0.3 is 5.97 Å². The van der Waals surface area contributed by atoms with E-state index in [9.17, 15) is 28.7 Å². The van der Waals surface area contributed by atoms with Crippen LogP contribution in [0.15, 0.2) is 48.7 Å². The number of nitrogens with zero attached hydrogens (tertiary/aromatic N) is 2. The van der Waals surface area contributed by atoms with Crippen LogP contribution in [-0.4, -0.2) is 69.1 Å². The molecule has 1 fully saturated rings. The van der Waals surface area contributed by atoms with Crippen LogP contribution in [0.3, 0.4) is 0 Å². The van der Waals surface area contributed by atoms with Crippen molar-refractivity contribution in [3.05, 3.63) is 71.2 Å². The Morgan fingerprint density at radius 1 is 1.03 bits per heavy atom. The monoisotopic (exact) mass is 437 g/mol. The number of benzene rings is 2. The fraction of sp³-hybridized carbons (Fsp3) is 0.217. The summed E-state index contributed by atoms with van der Waals surface area (Å²) in [4.78, 5) is 55.5. The highest BCUT2D eigenvalue weighted by Gasteiger charge is 2.34. The summed E-state index contributed by atoms with van der Waals surface area (Å²) < 4.78 is 14.4. The maximum Gasteiger partial charge on any atom is 0.337 e. The average molecular weight is 437 g/mol. The first-order valence-corrected chi connectivity index (χ1v) is 10.0. The lowest BCUT2D eigenvalue weighted by atomic mass is 10.0. The predicted molar refractivity (Wildman–Crippen MR) is 113 cm³/mol. The average Bonchev–Trinajstić information content (AvgIpc) is 3.24. The van der Waals surface area contributed by atoms with Gasteiger partial charge in [0.15, 0.2) is 0 Å². The lowest BCUT2D eigenvalue weighted by Crippen LogP contribution is -2.56. The van der Waals surface area contributed by atoms with E-state index in [4.69, 9.17) is 0 Å². The minimum atomic E-state index is -1.28. The van der Waals surface area contributed by atoms with E-state index in [1.54, 1.807) is 36.1 Å². The number of Topliss-reactive ketones (excluding diaryl/α,β-unsaturated/α-hetero) is 1. The Labute approximate surface area is 182 Å². The molecule has 0 bridgehead atoms. The summed E-state index contributed by atoms with van der Waals surface area (Å²) in [5, 5.41) is 9.06. The summed E-state index contributed by atoms with van der Waals surface area (Å²) in [7, 11) is 0. The van der Waals surface area contributed by atoms with Crippen LogP contribution in [0, 0.1) is 5.82 Å². The first-order valence-electron chi connectivity index (χ1n) is 10.0. The molecule has 1 atom stereocenters. The van der Waals surface area contributed by atoms with Crippen LogP contribution in [0.4, 0.5) is 4.39 Å². The number of hydrogen-bond donors (Lipinski definition) is 2. The van der Waals surface area contributed by atoms with E-state index in [0.717, 1.165) is 18.3 Å². The molecule has 2 amide bonds. The molecule has 2 aromatic carbocycles. The minimum absolute atomic E-state index is 0.0556. The van der Waals surface area contributed by atoms with Crippen molar-refractivity contribution < 1.29 is 28.7 Å². The number of halogens is 1. The van der Waals surface area contributed by atoms with E-state index < -0.39 is 29.5 Å². The summed E-state index contributed by atoms with van der Waals surface area (Å²) >= 11 is 0. The third kappa shape index (κ3) is 3.62. The summed E-state index contributed by atoms with van der Waals surface area (Å²) in [5.74, 6) is -4.00. The first kappa shape index (κ1) is 21.2. The van der Waals surface area contributed by atoms with E-state index >= 15 is 0 Å². The summed E-state index contributed by atoms with van der Waals surface area (Å²) in [6, 6.07) is 10.4. The fourth-order valence-corrected chi connectivity index (χ4v) is 4.02. The number of fused-ring (bicyclic) bond motifs is 1. The second-order valence-corrected chi connectivity index (χ2v) is 7.65. The quantitative estimate of drug-likeness (QED) is 0.481. The number of carbonyl (C=O) groups excluding carboxylic acids is 3. The molecule has 9 heteroatoms. The maximum absolute atomic E-state index is 14.4. The number of rotatable bonds is 4. The van der Waals surface area contributed by atoms with Gasteiger partial charge in [-0.15, -0.1) is 0 Å². The molecule has 0 aliphatic carbocycles. The number of amides is 2.